The third-order valence-corrected chi connectivity index (χ3v) is 4.32. The van der Waals surface area contributed by atoms with Gasteiger partial charge < -0.3 is 18.6 Å². The van der Waals surface area contributed by atoms with Crippen molar-refractivity contribution in [1.82, 2.24) is 4.98 Å². The van der Waals surface area contributed by atoms with Crippen LogP contribution in [0.25, 0.3) is 10.8 Å². The lowest BCUT2D eigenvalue weighted by atomic mass is 10.1. The monoisotopic (exact) mass is 359 g/mol. The molecule has 0 aliphatic carbocycles. The van der Waals surface area contributed by atoms with Crippen molar-refractivity contribution >= 4 is 17.3 Å². The summed E-state index contributed by atoms with van der Waals surface area (Å²) in [4.78, 5) is 17.3. The van der Waals surface area contributed by atoms with Crippen LogP contribution in [0.1, 0.15) is 11.3 Å². The first-order valence-corrected chi connectivity index (χ1v) is 8.42. The predicted molar refractivity (Wildman–Crippen MR) is 92.9 cm³/mol. The minimum atomic E-state index is -0.354. The van der Waals surface area contributed by atoms with Crippen LogP contribution in [0.15, 0.2) is 46.4 Å². The van der Waals surface area contributed by atoms with E-state index in [1.165, 1.54) is 17.6 Å². The Bertz CT molecular complexity index is 841. The summed E-state index contributed by atoms with van der Waals surface area (Å²) in [5.41, 5.74) is 1.35. The van der Waals surface area contributed by atoms with Crippen LogP contribution in [0.4, 0.5) is 0 Å². The average molecular weight is 359 g/mol. The van der Waals surface area contributed by atoms with Crippen LogP contribution >= 0.6 is 11.3 Å². The van der Waals surface area contributed by atoms with E-state index < -0.39 is 0 Å². The number of nitrogens with zero attached hydrogens (tertiary/aromatic N) is 1. The second-order valence-corrected chi connectivity index (χ2v) is 6.10. The number of thiophene rings is 1. The number of hydrogen-bond donors (Lipinski definition) is 0. The zero-order valence-electron chi connectivity index (χ0n) is 13.9. The number of esters is 1. The van der Waals surface area contributed by atoms with Crippen molar-refractivity contribution in [3.63, 3.8) is 0 Å². The molecule has 6 nitrogen and oxygen atoms in total. The van der Waals surface area contributed by atoms with E-state index in [1.54, 1.807) is 32.4 Å². The van der Waals surface area contributed by atoms with Gasteiger partial charge in [0.1, 0.15) is 18.6 Å². The van der Waals surface area contributed by atoms with Gasteiger partial charge in [-0.3, -0.25) is 4.79 Å². The molecule has 0 atom stereocenters. The second kappa shape index (κ2) is 7.85. The van der Waals surface area contributed by atoms with Crippen molar-refractivity contribution in [2.75, 3.05) is 14.2 Å². The fourth-order valence-corrected chi connectivity index (χ4v) is 2.90. The molecule has 0 unspecified atom stereocenters. The predicted octanol–water partition coefficient (Wildman–Crippen LogP) is 3.71. The molecule has 0 saturated carbocycles. The van der Waals surface area contributed by atoms with Crippen LogP contribution in [0, 0.1) is 0 Å². The number of aromatic nitrogens is 1. The van der Waals surface area contributed by atoms with Crippen molar-refractivity contribution < 1.29 is 23.4 Å². The summed E-state index contributed by atoms with van der Waals surface area (Å²) in [5, 5.41) is 1.95. The molecule has 0 amide bonds. The van der Waals surface area contributed by atoms with Crippen LogP contribution in [0.3, 0.4) is 0 Å². The Balaban J connectivity index is 1.56. The molecule has 7 heteroatoms. The molecule has 3 aromatic rings. The Morgan fingerprint density at radius 2 is 2.04 bits per heavy atom. The van der Waals surface area contributed by atoms with Gasteiger partial charge >= 0.3 is 5.97 Å². The molecular formula is C18H17NO5S. The van der Waals surface area contributed by atoms with Crippen LogP contribution < -0.4 is 9.47 Å². The Morgan fingerprint density at radius 3 is 2.76 bits per heavy atom. The highest BCUT2D eigenvalue weighted by atomic mass is 32.1. The fraction of sp³-hybridized carbons (Fsp3) is 0.222. The molecule has 1 aromatic carbocycles. The smallest absolute Gasteiger partial charge is 0.310 e. The topological polar surface area (TPSA) is 70.8 Å². The van der Waals surface area contributed by atoms with Gasteiger partial charge in [-0.05, 0) is 29.1 Å². The highest BCUT2D eigenvalue weighted by Gasteiger charge is 2.12. The molecule has 3 rings (SSSR count). The summed E-state index contributed by atoms with van der Waals surface area (Å²) < 4.78 is 21.1. The van der Waals surface area contributed by atoms with Crippen molar-refractivity contribution in [3.8, 4) is 22.3 Å². The Labute approximate surface area is 149 Å². The third kappa shape index (κ3) is 4.19. The van der Waals surface area contributed by atoms with E-state index >= 15 is 0 Å². The average Bonchev–Trinajstić information content (AvgIpc) is 3.31. The van der Waals surface area contributed by atoms with Gasteiger partial charge in [0.15, 0.2) is 11.5 Å². The van der Waals surface area contributed by atoms with Crippen LogP contribution in [-0.4, -0.2) is 25.2 Å². The summed E-state index contributed by atoms with van der Waals surface area (Å²) in [7, 11) is 3.11. The lowest BCUT2D eigenvalue weighted by molar-refractivity contribution is -0.144. The van der Waals surface area contributed by atoms with Crippen molar-refractivity contribution in [2.45, 2.75) is 13.0 Å². The van der Waals surface area contributed by atoms with Gasteiger partial charge in [-0.1, -0.05) is 12.1 Å². The van der Waals surface area contributed by atoms with Crippen molar-refractivity contribution in [1.29, 1.82) is 0 Å². The maximum absolute atomic E-state index is 12.0. The lowest BCUT2D eigenvalue weighted by Crippen LogP contribution is -2.08. The molecule has 2 aromatic heterocycles. The highest BCUT2D eigenvalue weighted by molar-refractivity contribution is 7.13. The molecule has 0 saturated heterocycles. The first-order chi connectivity index (χ1) is 12.2. The van der Waals surface area contributed by atoms with Gasteiger partial charge in [0, 0.05) is 0 Å². The number of rotatable bonds is 7. The number of carbonyl (C=O) groups is 1. The lowest BCUT2D eigenvalue weighted by Gasteiger charge is -2.09. The summed E-state index contributed by atoms with van der Waals surface area (Å²) in [6.07, 6.45) is 1.63. The molecule has 0 aliphatic rings. The largest absolute Gasteiger partial charge is 0.493 e. The van der Waals surface area contributed by atoms with Gasteiger partial charge in [0.25, 0.3) is 0 Å². The Kier molecular flexibility index (Phi) is 5.35. The highest BCUT2D eigenvalue weighted by Crippen LogP contribution is 2.28. The van der Waals surface area contributed by atoms with E-state index in [4.69, 9.17) is 18.6 Å². The molecule has 0 spiro atoms. The van der Waals surface area contributed by atoms with Gasteiger partial charge in [-0.25, -0.2) is 4.98 Å². The first kappa shape index (κ1) is 17.0. The zero-order chi connectivity index (χ0) is 17.6. The van der Waals surface area contributed by atoms with Crippen LogP contribution in [-0.2, 0) is 22.6 Å². The standard InChI is InChI=1S/C18H17NO5S/c1-21-14-6-5-12(8-15(14)22-2)9-17(20)23-10-13-11-24-18(19-13)16-4-3-7-25-16/h3-8,11H,9-10H2,1-2H3. The molecule has 0 bridgehead atoms. The molecule has 25 heavy (non-hydrogen) atoms. The molecule has 0 aliphatic heterocycles. The van der Waals surface area contributed by atoms with Gasteiger partial charge in [-0.15, -0.1) is 11.3 Å². The van der Waals surface area contributed by atoms with Gasteiger partial charge in [0.2, 0.25) is 5.89 Å². The summed E-state index contributed by atoms with van der Waals surface area (Å²) in [6.45, 7) is 0.0704. The van der Waals surface area contributed by atoms with E-state index in [1.807, 2.05) is 17.5 Å². The summed E-state index contributed by atoms with van der Waals surface area (Å²) in [5.74, 6) is 1.36. The molecule has 130 valence electrons. The van der Waals surface area contributed by atoms with E-state index in [2.05, 4.69) is 4.98 Å². The summed E-state index contributed by atoms with van der Waals surface area (Å²) in [6, 6.07) is 9.15. The Morgan fingerprint density at radius 1 is 1.20 bits per heavy atom. The van der Waals surface area contributed by atoms with Gasteiger partial charge in [0.05, 0.1) is 25.5 Å². The quantitative estimate of drug-likeness (QED) is 0.599. The van der Waals surface area contributed by atoms with E-state index in [-0.39, 0.29) is 19.0 Å². The molecule has 0 fully saturated rings. The number of benzene rings is 1. The van der Waals surface area contributed by atoms with Gasteiger partial charge in [-0.2, -0.15) is 0 Å². The minimum absolute atomic E-state index is 0.0704. The van der Waals surface area contributed by atoms with E-state index in [9.17, 15) is 4.79 Å². The summed E-state index contributed by atoms with van der Waals surface area (Å²) >= 11 is 1.54. The van der Waals surface area contributed by atoms with Crippen LogP contribution in [0.2, 0.25) is 0 Å². The molecule has 0 radical (unpaired) electrons. The minimum Gasteiger partial charge on any atom is -0.493 e. The fourth-order valence-electron chi connectivity index (χ4n) is 2.25. The normalized spacial score (nSPS) is 10.5. The maximum atomic E-state index is 12.0. The second-order valence-electron chi connectivity index (χ2n) is 5.15. The molecule has 0 N–H and O–H groups in total. The van der Waals surface area contributed by atoms with E-state index in [0.717, 1.165) is 10.4 Å². The number of ether oxygens (including phenoxy) is 3. The first-order valence-electron chi connectivity index (χ1n) is 7.54. The Hall–Kier alpha value is -2.80. The number of hydrogen-bond acceptors (Lipinski definition) is 7. The number of carbonyl (C=O) groups excluding carboxylic acids is 1. The number of oxazole rings is 1. The zero-order valence-corrected chi connectivity index (χ0v) is 14.7. The SMILES string of the molecule is COc1ccc(CC(=O)OCc2coc(-c3cccs3)n2)cc1OC. The molecular weight excluding hydrogens is 342 g/mol. The molecule has 2 heterocycles. The third-order valence-electron chi connectivity index (χ3n) is 3.46. The van der Waals surface area contributed by atoms with Crippen molar-refractivity contribution in [2.24, 2.45) is 0 Å². The van der Waals surface area contributed by atoms with E-state index in [0.29, 0.717) is 23.1 Å². The number of methoxy groups -OCH3 is 2. The van der Waals surface area contributed by atoms with Crippen molar-refractivity contribution in [3.05, 3.63) is 53.2 Å². The maximum Gasteiger partial charge on any atom is 0.310 e. The van der Waals surface area contributed by atoms with Crippen LogP contribution in [0.5, 0.6) is 11.5 Å².